The molecular formula is C13H19N3O2. The minimum Gasteiger partial charge on any atom is -0.398 e. The Morgan fingerprint density at radius 1 is 1.11 bits per heavy atom. The van der Waals surface area contributed by atoms with Gasteiger partial charge in [-0.25, -0.2) is 0 Å². The van der Waals surface area contributed by atoms with E-state index in [1.54, 1.807) is 31.2 Å². The number of benzene rings is 1. The standard InChI is InChI=1S/C13H19N3O2/c1-8(2)15-12(17)9(3)16-13(18)10-6-4-5-7-11(10)14/h4-9H,14H2,1-3H3,(H,15,17)(H,16,18). The lowest BCUT2D eigenvalue weighted by Crippen LogP contribution is -2.46. The van der Waals surface area contributed by atoms with Crippen LogP contribution in [0.1, 0.15) is 31.1 Å². The molecule has 0 radical (unpaired) electrons. The highest BCUT2D eigenvalue weighted by molar-refractivity contribution is 6.01. The van der Waals surface area contributed by atoms with Crippen molar-refractivity contribution in [3.8, 4) is 0 Å². The van der Waals surface area contributed by atoms with Gasteiger partial charge in [-0.05, 0) is 32.9 Å². The van der Waals surface area contributed by atoms with Crippen LogP contribution >= 0.6 is 0 Å². The molecule has 2 amide bonds. The fraction of sp³-hybridized carbons (Fsp3) is 0.385. The molecule has 0 aliphatic carbocycles. The monoisotopic (exact) mass is 249 g/mol. The van der Waals surface area contributed by atoms with E-state index in [-0.39, 0.29) is 17.9 Å². The van der Waals surface area contributed by atoms with E-state index in [0.717, 1.165) is 0 Å². The Kier molecular flexibility index (Phi) is 4.71. The van der Waals surface area contributed by atoms with E-state index in [0.29, 0.717) is 11.3 Å². The Bertz CT molecular complexity index is 444. The molecule has 1 aromatic carbocycles. The number of para-hydroxylation sites is 1. The summed E-state index contributed by atoms with van der Waals surface area (Å²) in [6.45, 7) is 5.36. The lowest BCUT2D eigenvalue weighted by atomic mass is 10.1. The van der Waals surface area contributed by atoms with Crippen LogP contribution in [0.2, 0.25) is 0 Å². The van der Waals surface area contributed by atoms with Crippen molar-refractivity contribution in [2.24, 2.45) is 0 Å². The van der Waals surface area contributed by atoms with Crippen LogP contribution < -0.4 is 16.4 Å². The van der Waals surface area contributed by atoms with E-state index in [2.05, 4.69) is 10.6 Å². The normalized spacial score (nSPS) is 12.0. The summed E-state index contributed by atoms with van der Waals surface area (Å²) < 4.78 is 0. The summed E-state index contributed by atoms with van der Waals surface area (Å²) in [5.41, 5.74) is 6.46. The van der Waals surface area contributed by atoms with E-state index in [9.17, 15) is 9.59 Å². The third kappa shape index (κ3) is 3.76. The number of anilines is 1. The van der Waals surface area contributed by atoms with Crippen molar-refractivity contribution in [1.82, 2.24) is 10.6 Å². The number of rotatable bonds is 4. The van der Waals surface area contributed by atoms with Crippen LogP contribution in [0.25, 0.3) is 0 Å². The molecule has 1 rings (SSSR count). The van der Waals surface area contributed by atoms with Gasteiger partial charge < -0.3 is 16.4 Å². The number of hydrogen-bond acceptors (Lipinski definition) is 3. The minimum atomic E-state index is -0.598. The van der Waals surface area contributed by atoms with Gasteiger partial charge in [-0.1, -0.05) is 12.1 Å². The molecule has 1 unspecified atom stereocenters. The van der Waals surface area contributed by atoms with Gasteiger partial charge in [0.2, 0.25) is 5.91 Å². The highest BCUT2D eigenvalue weighted by Gasteiger charge is 2.17. The largest absolute Gasteiger partial charge is 0.398 e. The van der Waals surface area contributed by atoms with Gasteiger partial charge in [-0.15, -0.1) is 0 Å². The second-order valence-electron chi connectivity index (χ2n) is 4.45. The minimum absolute atomic E-state index is 0.0404. The fourth-order valence-corrected chi connectivity index (χ4v) is 1.45. The molecule has 98 valence electrons. The van der Waals surface area contributed by atoms with Crippen LogP contribution in [0.4, 0.5) is 5.69 Å². The van der Waals surface area contributed by atoms with Gasteiger partial charge in [0.1, 0.15) is 6.04 Å². The molecule has 1 atom stereocenters. The highest BCUT2D eigenvalue weighted by atomic mass is 16.2. The second kappa shape index (κ2) is 6.05. The molecule has 5 heteroatoms. The Balaban J connectivity index is 2.65. The maximum absolute atomic E-state index is 11.9. The molecule has 18 heavy (non-hydrogen) atoms. The van der Waals surface area contributed by atoms with Gasteiger partial charge >= 0.3 is 0 Å². The first-order valence-electron chi connectivity index (χ1n) is 5.87. The average molecular weight is 249 g/mol. The topological polar surface area (TPSA) is 84.2 Å². The van der Waals surface area contributed by atoms with Gasteiger partial charge in [0.05, 0.1) is 5.56 Å². The van der Waals surface area contributed by atoms with E-state index in [4.69, 9.17) is 5.73 Å². The molecule has 0 aliphatic heterocycles. The predicted octanol–water partition coefficient (Wildman–Crippen LogP) is 0.912. The lowest BCUT2D eigenvalue weighted by molar-refractivity contribution is -0.123. The highest BCUT2D eigenvalue weighted by Crippen LogP contribution is 2.10. The van der Waals surface area contributed by atoms with Gasteiger partial charge in [0, 0.05) is 11.7 Å². The summed E-state index contributed by atoms with van der Waals surface area (Å²) in [4.78, 5) is 23.5. The van der Waals surface area contributed by atoms with Crippen LogP contribution in [0, 0.1) is 0 Å². The van der Waals surface area contributed by atoms with Gasteiger partial charge in [0.25, 0.3) is 5.91 Å². The zero-order valence-corrected chi connectivity index (χ0v) is 10.9. The first kappa shape index (κ1) is 14.0. The average Bonchev–Trinajstić information content (AvgIpc) is 2.28. The Labute approximate surface area is 107 Å². The maximum Gasteiger partial charge on any atom is 0.254 e. The van der Waals surface area contributed by atoms with Gasteiger partial charge in [0.15, 0.2) is 0 Å². The number of nitrogen functional groups attached to an aromatic ring is 1. The Morgan fingerprint density at radius 3 is 2.28 bits per heavy atom. The molecule has 0 heterocycles. The first-order valence-corrected chi connectivity index (χ1v) is 5.87. The molecule has 1 aromatic rings. The molecule has 0 aliphatic rings. The van der Waals surface area contributed by atoms with E-state index >= 15 is 0 Å². The fourth-order valence-electron chi connectivity index (χ4n) is 1.45. The number of amides is 2. The van der Waals surface area contributed by atoms with Crippen LogP contribution in [0.15, 0.2) is 24.3 Å². The molecule has 0 spiro atoms. The molecule has 5 nitrogen and oxygen atoms in total. The van der Waals surface area contributed by atoms with Crippen molar-refractivity contribution >= 4 is 17.5 Å². The smallest absolute Gasteiger partial charge is 0.254 e. The Morgan fingerprint density at radius 2 is 1.72 bits per heavy atom. The van der Waals surface area contributed by atoms with Crippen molar-refractivity contribution in [1.29, 1.82) is 0 Å². The number of carbonyl (C=O) groups excluding carboxylic acids is 2. The summed E-state index contributed by atoms with van der Waals surface area (Å²) in [6.07, 6.45) is 0. The molecule has 0 saturated carbocycles. The van der Waals surface area contributed by atoms with Crippen molar-refractivity contribution < 1.29 is 9.59 Å². The second-order valence-corrected chi connectivity index (χ2v) is 4.45. The van der Waals surface area contributed by atoms with E-state index in [1.165, 1.54) is 0 Å². The number of hydrogen-bond donors (Lipinski definition) is 3. The van der Waals surface area contributed by atoms with Crippen LogP contribution in [0.3, 0.4) is 0 Å². The van der Waals surface area contributed by atoms with Gasteiger partial charge in [-0.3, -0.25) is 9.59 Å². The number of nitrogens with two attached hydrogens (primary N) is 1. The molecule has 4 N–H and O–H groups in total. The summed E-state index contributed by atoms with van der Waals surface area (Å²) in [5, 5.41) is 5.34. The quantitative estimate of drug-likeness (QED) is 0.693. The molecule has 0 bridgehead atoms. The number of nitrogens with one attached hydrogen (secondary N) is 2. The van der Waals surface area contributed by atoms with Crippen molar-refractivity contribution in [2.75, 3.05) is 5.73 Å². The van der Waals surface area contributed by atoms with Crippen molar-refractivity contribution in [3.63, 3.8) is 0 Å². The maximum atomic E-state index is 11.9. The third-order valence-corrected chi connectivity index (χ3v) is 2.38. The van der Waals surface area contributed by atoms with Crippen molar-refractivity contribution in [2.45, 2.75) is 32.9 Å². The van der Waals surface area contributed by atoms with E-state index in [1.807, 2.05) is 13.8 Å². The zero-order chi connectivity index (χ0) is 13.7. The summed E-state index contributed by atoms with van der Waals surface area (Å²) in [6, 6.07) is 6.19. The number of carbonyl (C=O) groups is 2. The molecule has 0 saturated heterocycles. The molecular weight excluding hydrogens is 230 g/mol. The summed E-state index contributed by atoms with van der Waals surface area (Å²) in [7, 11) is 0. The summed E-state index contributed by atoms with van der Waals surface area (Å²) in [5.74, 6) is -0.563. The van der Waals surface area contributed by atoms with Crippen LogP contribution in [-0.2, 0) is 4.79 Å². The van der Waals surface area contributed by atoms with Gasteiger partial charge in [-0.2, -0.15) is 0 Å². The summed E-state index contributed by atoms with van der Waals surface area (Å²) >= 11 is 0. The zero-order valence-electron chi connectivity index (χ0n) is 10.9. The molecule has 0 fully saturated rings. The van der Waals surface area contributed by atoms with Crippen molar-refractivity contribution in [3.05, 3.63) is 29.8 Å². The molecule has 0 aromatic heterocycles. The predicted molar refractivity (Wildman–Crippen MR) is 71.1 cm³/mol. The van der Waals surface area contributed by atoms with E-state index < -0.39 is 6.04 Å². The van der Waals surface area contributed by atoms with Crippen LogP contribution in [-0.4, -0.2) is 23.9 Å². The lowest BCUT2D eigenvalue weighted by Gasteiger charge is -2.16. The third-order valence-electron chi connectivity index (χ3n) is 2.38. The Hall–Kier alpha value is -2.04. The first-order chi connectivity index (χ1) is 8.41. The SMILES string of the molecule is CC(C)NC(=O)C(C)NC(=O)c1ccccc1N. The van der Waals surface area contributed by atoms with Crippen LogP contribution in [0.5, 0.6) is 0 Å².